The summed E-state index contributed by atoms with van der Waals surface area (Å²) < 4.78 is 0. The van der Waals surface area contributed by atoms with Gasteiger partial charge in [0.15, 0.2) is 5.11 Å². The van der Waals surface area contributed by atoms with Crippen LogP contribution in [-0.2, 0) is 6.61 Å². The summed E-state index contributed by atoms with van der Waals surface area (Å²) in [5.74, 6) is 0. The molecule has 70 valence electrons. The molecule has 0 radical (unpaired) electrons. The van der Waals surface area contributed by atoms with E-state index in [2.05, 4.69) is 5.32 Å². The minimum atomic E-state index is 0.0498. The lowest BCUT2D eigenvalue weighted by molar-refractivity contribution is 0.282. The molecule has 0 heterocycles. The minimum Gasteiger partial charge on any atom is -0.392 e. The molecule has 4 heteroatoms. The highest BCUT2D eigenvalue weighted by molar-refractivity contribution is 7.80. The number of nitrogens with two attached hydrogens (primary N) is 1. The number of hydrogen-bond donors (Lipinski definition) is 3. The average Bonchev–Trinajstić information content (AvgIpc) is 2.08. The van der Waals surface area contributed by atoms with Crippen molar-refractivity contribution in [2.24, 2.45) is 5.73 Å². The van der Waals surface area contributed by atoms with Crippen molar-refractivity contribution >= 4 is 23.0 Å². The van der Waals surface area contributed by atoms with Crippen LogP contribution in [0.3, 0.4) is 0 Å². The molecule has 0 aromatic heterocycles. The minimum absolute atomic E-state index is 0.0498. The molecule has 0 fully saturated rings. The molecule has 3 nitrogen and oxygen atoms in total. The fourth-order valence-corrected chi connectivity index (χ4v) is 1.21. The highest BCUT2D eigenvalue weighted by Crippen LogP contribution is 2.16. The fourth-order valence-electron chi connectivity index (χ4n) is 1.10. The van der Waals surface area contributed by atoms with Crippen molar-refractivity contribution in [1.82, 2.24) is 0 Å². The van der Waals surface area contributed by atoms with Crippen LogP contribution in [0.15, 0.2) is 18.2 Å². The van der Waals surface area contributed by atoms with Crippen molar-refractivity contribution in [3.63, 3.8) is 0 Å². The van der Waals surface area contributed by atoms with Crippen molar-refractivity contribution in [3.8, 4) is 0 Å². The molecule has 0 aliphatic rings. The number of aryl methyl sites for hydroxylation is 1. The molecule has 0 amide bonds. The average molecular weight is 196 g/mol. The first-order valence-corrected chi connectivity index (χ1v) is 4.31. The predicted molar refractivity (Wildman–Crippen MR) is 57.5 cm³/mol. The van der Waals surface area contributed by atoms with Crippen LogP contribution in [0.4, 0.5) is 5.69 Å². The third kappa shape index (κ3) is 2.68. The van der Waals surface area contributed by atoms with E-state index in [0.29, 0.717) is 0 Å². The second kappa shape index (κ2) is 4.20. The molecule has 0 saturated carbocycles. The molecule has 4 N–H and O–H groups in total. The van der Waals surface area contributed by atoms with Gasteiger partial charge in [-0.05, 0) is 36.3 Å². The van der Waals surface area contributed by atoms with Crippen LogP contribution in [0.25, 0.3) is 0 Å². The summed E-state index contributed by atoms with van der Waals surface area (Å²) in [6, 6.07) is 5.56. The molecule has 1 rings (SSSR count). The van der Waals surface area contributed by atoms with E-state index in [4.69, 9.17) is 23.1 Å². The Morgan fingerprint density at radius 1 is 1.62 bits per heavy atom. The van der Waals surface area contributed by atoms with Gasteiger partial charge in [0.25, 0.3) is 0 Å². The summed E-state index contributed by atoms with van der Waals surface area (Å²) in [6.45, 7) is 1.98. The molecular weight excluding hydrogens is 184 g/mol. The van der Waals surface area contributed by atoms with Crippen LogP contribution in [0, 0.1) is 6.92 Å². The highest BCUT2D eigenvalue weighted by atomic mass is 32.1. The Bertz CT molecular complexity index is 325. The van der Waals surface area contributed by atoms with Crippen LogP contribution in [-0.4, -0.2) is 10.2 Å². The van der Waals surface area contributed by atoms with Crippen LogP contribution in [0.1, 0.15) is 11.1 Å². The van der Waals surface area contributed by atoms with E-state index >= 15 is 0 Å². The smallest absolute Gasteiger partial charge is 0.168 e. The summed E-state index contributed by atoms with van der Waals surface area (Å²) >= 11 is 4.72. The van der Waals surface area contributed by atoms with Gasteiger partial charge in [-0.25, -0.2) is 0 Å². The van der Waals surface area contributed by atoms with Gasteiger partial charge in [0.1, 0.15) is 0 Å². The number of hydrogen-bond acceptors (Lipinski definition) is 2. The number of thiocarbonyl (C=S) groups is 1. The second-order valence-electron chi connectivity index (χ2n) is 2.80. The summed E-state index contributed by atoms with van der Waals surface area (Å²) in [4.78, 5) is 0. The lowest BCUT2D eigenvalue weighted by atomic mass is 10.1. The first-order chi connectivity index (χ1) is 6.13. The first kappa shape index (κ1) is 9.95. The summed E-state index contributed by atoms with van der Waals surface area (Å²) in [7, 11) is 0. The molecule has 1 aromatic carbocycles. The number of anilines is 1. The van der Waals surface area contributed by atoms with E-state index < -0.39 is 0 Å². The number of aliphatic hydroxyl groups is 1. The van der Waals surface area contributed by atoms with Gasteiger partial charge in [0, 0.05) is 5.69 Å². The quantitative estimate of drug-likeness (QED) is 0.621. The lowest BCUT2D eigenvalue weighted by Gasteiger charge is -2.08. The summed E-state index contributed by atoms with van der Waals surface area (Å²) in [5.41, 5.74) is 8.11. The van der Waals surface area contributed by atoms with Crippen molar-refractivity contribution in [3.05, 3.63) is 29.3 Å². The standard InChI is InChI=1S/C9H12N2OS/c1-6-4-7(5-12)2-3-8(6)11-9(10)13/h2-4,12H,5H2,1H3,(H3,10,11,13). The number of aliphatic hydroxyl groups excluding tert-OH is 1. The highest BCUT2D eigenvalue weighted by Gasteiger charge is 1.99. The van der Waals surface area contributed by atoms with E-state index in [-0.39, 0.29) is 11.7 Å². The van der Waals surface area contributed by atoms with Crippen LogP contribution < -0.4 is 11.1 Å². The first-order valence-electron chi connectivity index (χ1n) is 3.90. The molecule has 0 saturated heterocycles. The second-order valence-corrected chi connectivity index (χ2v) is 3.24. The zero-order valence-electron chi connectivity index (χ0n) is 7.37. The van der Waals surface area contributed by atoms with Crippen LogP contribution in [0.2, 0.25) is 0 Å². The maximum atomic E-state index is 8.86. The van der Waals surface area contributed by atoms with Gasteiger partial charge in [-0.15, -0.1) is 0 Å². The van der Waals surface area contributed by atoms with Gasteiger partial charge in [-0.2, -0.15) is 0 Å². The Morgan fingerprint density at radius 2 is 2.31 bits per heavy atom. The third-order valence-electron chi connectivity index (χ3n) is 1.73. The Kier molecular flexibility index (Phi) is 3.22. The topological polar surface area (TPSA) is 58.3 Å². The molecule has 1 aromatic rings. The molecule has 0 bridgehead atoms. The van der Waals surface area contributed by atoms with Gasteiger partial charge in [0.2, 0.25) is 0 Å². The van der Waals surface area contributed by atoms with Gasteiger partial charge in [0.05, 0.1) is 6.61 Å². The Balaban J connectivity index is 2.91. The number of nitrogens with one attached hydrogen (secondary N) is 1. The van der Waals surface area contributed by atoms with Crippen LogP contribution in [0.5, 0.6) is 0 Å². The molecule has 0 unspecified atom stereocenters. The molecular formula is C9H12N2OS. The maximum absolute atomic E-state index is 8.86. The summed E-state index contributed by atoms with van der Waals surface area (Å²) in [5, 5.41) is 12.0. The zero-order chi connectivity index (χ0) is 9.84. The Morgan fingerprint density at radius 3 is 2.77 bits per heavy atom. The molecule has 0 spiro atoms. The SMILES string of the molecule is Cc1cc(CO)ccc1NC(N)=S. The van der Waals surface area contributed by atoms with Gasteiger partial charge in [-0.1, -0.05) is 12.1 Å². The Hall–Kier alpha value is -1.13. The largest absolute Gasteiger partial charge is 0.392 e. The van der Waals surface area contributed by atoms with E-state index in [1.807, 2.05) is 25.1 Å². The predicted octanol–water partition coefficient (Wildman–Crippen LogP) is 1.14. The lowest BCUT2D eigenvalue weighted by Crippen LogP contribution is -2.19. The van der Waals surface area contributed by atoms with Crippen LogP contribution >= 0.6 is 12.2 Å². The van der Waals surface area contributed by atoms with Crippen molar-refractivity contribution in [2.45, 2.75) is 13.5 Å². The number of rotatable bonds is 2. The van der Waals surface area contributed by atoms with E-state index in [9.17, 15) is 0 Å². The summed E-state index contributed by atoms with van der Waals surface area (Å²) in [6.07, 6.45) is 0. The fraction of sp³-hybridized carbons (Fsp3) is 0.222. The van der Waals surface area contributed by atoms with Gasteiger partial charge in [-0.3, -0.25) is 0 Å². The van der Waals surface area contributed by atoms with E-state index in [1.54, 1.807) is 0 Å². The van der Waals surface area contributed by atoms with E-state index in [1.165, 1.54) is 0 Å². The molecule has 13 heavy (non-hydrogen) atoms. The van der Waals surface area contributed by atoms with Crippen molar-refractivity contribution in [2.75, 3.05) is 5.32 Å². The van der Waals surface area contributed by atoms with Crippen molar-refractivity contribution < 1.29 is 5.11 Å². The van der Waals surface area contributed by atoms with Gasteiger partial charge < -0.3 is 16.2 Å². The normalized spacial score (nSPS) is 9.69. The van der Waals surface area contributed by atoms with E-state index in [0.717, 1.165) is 16.8 Å². The molecule has 0 aliphatic heterocycles. The third-order valence-corrected chi connectivity index (χ3v) is 1.83. The number of benzene rings is 1. The van der Waals surface area contributed by atoms with Gasteiger partial charge >= 0.3 is 0 Å². The maximum Gasteiger partial charge on any atom is 0.168 e. The van der Waals surface area contributed by atoms with Crippen molar-refractivity contribution in [1.29, 1.82) is 0 Å². The molecule has 0 aliphatic carbocycles. The zero-order valence-corrected chi connectivity index (χ0v) is 8.19. The molecule has 0 atom stereocenters. The monoisotopic (exact) mass is 196 g/mol. The Labute approximate surface area is 82.6 Å².